The van der Waals surface area contributed by atoms with E-state index in [1.165, 1.54) is 0 Å². The normalized spacial score (nSPS) is 12.2. The minimum atomic E-state index is -0.643. The van der Waals surface area contributed by atoms with Gasteiger partial charge in [-0.05, 0) is 26.0 Å². The molecule has 2 aromatic rings. The van der Waals surface area contributed by atoms with E-state index in [4.69, 9.17) is 16.9 Å². The van der Waals surface area contributed by atoms with Crippen LogP contribution in [0.15, 0.2) is 24.4 Å². The number of nitriles is 1. The van der Waals surface area contributed by atoms with E-state index < -0.39 is 6.10 Å². The van der Waals surface area contributed by atoms with E-state index in [0.717, 1.165) is 0 Å². The van der Waals surface area contributed by atoms with E-state index in [0.29, 0.717) is 27.5 Å². The standard InChI is InChI=1S/C13H12ClN3O/c1-8-12(14)7-17(16-8)13-5-10(6-15)3-4-11(13)9(2)18/h3-5,7,9,18H,1-2H3. The molecule has 1 atom stereocenters. The lowest BCUT2D eigenvalue weighted by Crippen LogP contribution is -2.04. The number of aliphatic hydroxyl groups is 1. The fourth-order valence-corrected chi connectivity index (χ4v) is 1.86. The van der Waals surface area contributed by atoms with Crippen LogP contribution >= 0.6 is 11.6 Å². The molecule has 2 rings (SSSR count). The highest BCUT2D eigenvalue weighted by molar-refractivity contribution is 6.31. The SMILES string of the molecule is Cc1nn(-c2cc(C#N)ccc2C(C)O)cc1Cl. The van der Waals surface area contributed by atoms with Crippen LogP contribution in [-0.4, -0.2) is 14.9 Å². The van der Waals surface area contributed by atoms with Crippen molar-refractivity contribution < 1.29 is 5.11 Å². The Morgan fingerprint density at radius 3 is 2.72 bits per heavy atom. The molecule has 92 valence electrons. The number of aryl methyl sites for hydroxylation is 1. The highest BCUT2D eigenvalue weighted by atomic mass is 35.5. The number of rotatable bonds is 2. The summed E-state index contributed by atoms with van der Waals surface area (Å²) in [6.07, 6.45) is 1.02. The zero-order chi connectivity index (χ0) is 13.3. The predicted molar refractivity (Wildman–Crippen MR) is 68.7 cm³/mol. The first-order chi connectivity index (χ1) is 8.52. The van der Waals surface area contributed by atoms with Crippen LogP contribution in [0.2, 0.25) is 5.02 Å². The van der Waals surface area contributed by atoms with Gasteiger partial charge >= 0.3 is 0 Å². The Balaban J connectivity index is 2.64. The molecule has 5 heteroatoms. The largest absolute Gasteiger partial charge is 0.389 e. The molecule has 4 nitrogen and oxygen atoms in total. The van der Waals surface area contributed by atoms with Gasteiger partial charge < -0.3 is 5.11 Å². The maximum absolute atomic E-state index is 9.75. The van der Waals surface area contributed by atoms with Crippen molar-refractivity contribution in [3.8, 4) is 11.8 Å². The summed E-state index contributed by atoms with van der Waals surface area (Å²) in [5.41, 5.74) is 2.58. The third-order valence-corrected chi connectivity index (χ3v) is 3.07. The van der Waals surface area contributed by atoms with Crippen molar-refractivity contribution in [1.82, 2.24) is 9.78 Å². The van der Waals surface area contributed by atoms with E-state index in [2.05, 4.69) is 11.2 Å². The smallest absolute Gasteiger partial charge is 0.0992 e. The first kappa shape index (κ1) is 12.6. The van der Waals surface area contributed by atoms with Gasteiger partial charge in [-0.25, -0.2) is 4.68 Å². The molecule has 0 radical (unpaired) electrons. The molecule has 0 aliphatic rings. The molecule has 0 spiro atoms. The van der Waals surface area contributed by atoms with E-state index in [1.807, 2.05) is 0 Å². The van der Waals surface area contributed by atoms with E-state index in [9.17, 15) is 5.11 Å². The van der Waals surface area contributed by atoms with Crippen LogP contribution in [0.1, 0.15) is 29.8 Å². The van der Waals surface area contributed by atoms with E-state index in [1.54, 1.807) is 42.9 Å². The molecule has 0 amide bonds. The van der Waals surface area contributed by atoms with Crippen LogP contribution in [0.25, 0.3) is 5.69 Å². The summed E-state index contributed by atoms with van der Waals surface area (Å²) in [7, 11) is 0. The Morgan fingerprint density at radius 1 is 1.50 bits per heavy atom. The average molecular weight is 262 g/mol. The van der Waals surface area contributed by atoms with Gasteiger partial charge in [0.2, 0.25) is 0 Å². The Morgan fingerprint density at radius 2 is 2.22 bits per heavy atom. The number of nitrogens with zero attached hydrogens (tertiary/aromatic N) is 3. The highest BCUT2D eigenvalue weighted by Crippen LogP contribution is 2.24. The topological polar surface area (TPSA) is 61.8 Å². The first-order valence-electron chi connectivity index (χ1n) is 5.47. The lowest BCUT2D eigenvalue weighted by molar-refractivity contribution is 0.199. The number of aliphatic hydroxyl groups excluding tert-OH is 1. The number of halogens is 1. The van der Waals surface area contributed by atoms with Crippen molar-refractivity contribution >= 4 is 11.6 Å². The second kappa shape index (κ2) is 4.81. The zero-order valence-corrected chi connectivity index (χ0v) is 10.8. The molecule has 0 fully saturated rings. The van der Waals surface area contributed by atoms with Crippen molar-refractivity contribution in [2.75, 3.05) is 0 Å². The molecule has 0 bridgehead atoms. The lowest BCUT2D eigenvalue weighted by Gasteiger charge is -2.12. The average Bonchev–Trinajstić information content (AvgIpc) is 2.68. The monoisotopic (exact) mass is 261 g/mol. The van der Waals surface area contributed by atoms with Crippen LogP contribution in [0, 0.1) is 18.3 Å². The summed E-state index contributed by atoms with van der Waals surface area (Å²) in [5.74, 6) is 0. The molecule has 1 aromatic carbocycles. The first-order valence-corrected chi connectivity index (χ1v) is 5.85. The molecule has 0 saturated carbocycles. The van der Waals surface area contributed by atoms with E-state index in [-0.39, 0.29) is 0 Å². The molecule has 0 aliphatic carbocycles. The predicted octanol–water partition coefficient (Wildman–Crippen LogP) is 2.76. The minimum absolute atomic E-state index is 0.513. The summed E-state index contributed by atoms with van der Waals surface area (Å²) >= 11 is 5.97. The van der Waals surface area contributed by atoms with Crippen molar-refractivity contribution in [3.63, 3.8) is 0 Å². The van der Waals surface area contributed by atoms with Crippen LogP contribution in [0.5, 0.6) is 0 Å². The summed E-state index contributed by atoms with van der Waals surface area (Å²) in [6, 6.07) is 7.15. The maximum Gasteiger partial charge on any atom is 0.0992 e. The quantitative estimate of drug-likeness (QED) is 0.904. The molecule has 1 N–H and O–H groups in total. The highest BCUT2D eigenvalue weighted by Gasteiger charge is 2.13. The number of benzene rings is 1. The summed E-state index contributed by atoms with van der Waals surface area (Å²) in [5, 5.41) is 23.5. The Labute approximate surface area is 110 Å². The summed E-state index contributed by atoms with van der Waals surface area (Å²) in [6.45, 7) is 3.47. The third-order valence-electron chi connectivity index (χ3n) is 2.70. The fraction of sp³-hybridized carbons (Fsp3) is 0.231. The van der Waals surface area contributed by atoms with Gasteiger partial charge in [-0.3, -0.25) is 0 Å². The zero-order valence-electron chi connectivity index (χ0n) is 10.1. The molecule has 0 aliphatic heterocycles. The fourth-order valence-electron chi connectivity index (χ4n) is 1.73. The molecule has 1 heterocycles. The number of aromatic nitrogens is 2. The summed E-state index contributed by atoms with van der Waals surface area (Å²) in [4.78, 5) is 0. The van der Waals surface area contributed by atoms with Gasteiger partial charge in [-0.1, -0.05) is 17.7 Å². The Bertz CT molecular complexity index is 606. The molecular formula is C13H12ClN3O. The summed E-state index contributed by atoms with van der Waals surface area (Å²) < 4.78 is 1.58. The van der Waals surface area contributed by atoms with Gasteiger partial charge in [-0.2, -0.15) is 10.4 Å². The van der Waals surface area contributed by atoms with Crippen LogP contribution in [0.3, 0.4) is 0 Å². The van der Waals surface area contributed by atoms with Gasteiger partial charge in [0, 0.05) is 11.8 Å². The van der Waals surface area contributed by atoms with Crippen LogP contribution in [-0.2, 0) is 0 Å². The number of hydrogen-bond donors (Lipinski definition) is 1. The molecule has 18 heavy (non-hydrogen) atoms. The molecule has 1 aromatic heterocycles. The van der Waals surface area contributed by atoms with Crippen molar-refractivity contribution in [2.24, 2.45) is 0 Å². The van der Waals surface area contributed by atoms with Crippen LogP contribution < -0.4 is 0 Å². The van der Waals surface area contributed by atoms with E-state index >= 15 is 0 Å². The van der Waals surface area contributed by atoms with Gasteiger partial charge in [0.25, 0.3) is 0 Å². The van der Waals surface area contributed by atoms with Crippen LogP contribution in [0.4, 0.5) is 0 Å². The Hall–Kier alpha value is -1.83. The van der Waals surface area contributed by atoms with Crippen molar-refractivity contribution in [1.29, 1.82) is 5.26 Å². The Kier molecular flexibility index (Phi) is 3.37. The minimum Gasteiger partial charge on any atom is -0.389 e. The van der Waals surface area contributed by atoms with Gasteiger partial charge in [0.05, 0.1) is 34.1 Å². The second-order valence-electron chi connectivity index (χ2n) is 4.07. The second-order valence-corrected chi connectivity index (χ2v) is 4.48. The molecule has 0 saturated heterocycles. The van der Waals surface area contributed by atoms with Crippen molar-refractivity contribution in [3.05, 3.63) is 46.2 Å². The lowest BCUT2D eigenvalue weighted by atomic mass is 10.1. The third kappa shape index (κ3) is 2.23. The van der Waals surface area contributed by atoms with Crippen molar-refractivity contribution in [2.45, 2.75) is 20.0 Å². The maximum atomic E-state index is 9.75. The number of hydrogen-bond acceptors (Lipinski definition) is 3. The van der Waals surface area contributed by atoms with Gasteiger partial charge in [-0.15, -0.1) is 0 Å². The van der Waals surface area contributed by atoms with Gasteiger partial charge in [0.1, 0.15) is 0 Å². The molecule has 1 unspecified atom stereocenters. The molecular weight excluding hydrogens is 250 g/mol. The van der Waals surface area contributed by atoms with Gasteiger partial charge in [0.15, 0.2) is 0 Å².